The summed E-state index contributed by atoms with van der Waals surface area (Å²) in [5.41, 5.74) is 0. The molecule has 6 heteroatoms. The molecule has 1 fully saturated rings. The van der Waals surface area contributed by atoms with Gasteiger partial charge in [0.15, 0.2) is 0 Å². The lowest BCUT2D eigenvalue weighted by molar-refractivity contribution is -0.152. The maximum absolute atomic E-state index is 11.1. The van der Waals surface area contributed by atoms with Crippen LogP contribution in [0.1, 0.15) is 13.8 Å². The Balaban J connectivity index is 2.37. The summed E-state index contributed by atoms with van der Waals surface area (Å²) in [4.78, 5) is 11.1. The number of rotatable bonds is 2. The van der Waals surface area contributed by atoms with E-state index in [2.05, 4.69) is 4.18 Å². The first-order chi connectivity index (χ1) is 5.91. The first kappa shape index (κ1) is 10.8. The Kier molecular flexibility index (Phi) is 3.18. The van der Waals surface area contributed by atoms with Gasteiger partial charge in [-0.25, -0.2) is 0 Å². The molecule has 1 rings (SSSR count). The average Bonchev–Trinajstić information content (AvgIpc) is 2.30. The van der Waals surface area contributed by atoms with Gasteiger partial charge >= 0.3 is 5.97 Å². The van der Waals surface area contributed by atoms with Crippen LogP contribution in [0.4, 0.5) is 0 Å². The molecule has 0 aromatic rings. The van der Waals surface area contributed by atoms with Crippen LogP contribution in [-0.4, -0.2) is 33.5 Å². The Morgan fingerprint density at radius 3 is 2.62 bits per heavy atom. The van der Waals surface area contributed by atoms with Crippen molar-refractivity contribution in [2.24, 2.45) is 5.92 Å². The molecule has 0 aromatic heterocycles. The lowest BCUT2D eigenvalue weighted by atomic mass is 10.2. The molecule has 1 unspecified atom stereocenters. The standard InChI is InChI=1S/C7H14O5S/c1-5(2)7(8)12-6-3-11-13(9,10)4-6/h5-6,9-10H,3-4H2,1-2H3. The third-order valence-corrected chi connectivity index (χ3v) is 2.92. The minimum atomic E-state index is -2.94. The maximum atomic E-state index is 11.1. The van der Waals surface area contributed by atoms with E-state index in [4.69, 9.17) is 13.8 Å². The number of esters is 1. The zero-order chi connectivity index (χ0) is 10.1. The summed E-state index contributed by atoms with van der Waals surface area (Å²) in [6.45, 7) is 3.51. The third-order valence-electron chi connectivity index (χ3n) is 1.60. The first-order valence-electron chi connectivity index (χ1n) is 4.01. The van der Waals surface area contributed by atoms with E-state index in [9.17, 15) is 4.79 Å². The van der Waals surface area contributed by atoms with E-state index in [0.29, 0.717) is 0 Å². The molecule has 0 saturated carbocycles. The minimum Gasteiger partial charge on any atom is -0.459 e. The molecule has 1 saturated heterocycles. The van der Waals surface area contributed by atoms with Crippen molar-refractivity contribution in [1.82, 2.24) is 0 Å². The fourth-order valence-electron chi connectivity index (χ4n) is 0.892. The van der Waals surface area contributed by atoms with E-state index in [-0.39, 0.29) is 24.2 Å². The van der Waals surface area contributed by atoms with E-state index < -0.39 is 17.0 Å². The van der Waals surface area contributed by atoms with Gasteiger partial charge in [0.2, 0.25) is 0 Å². The number of carbonyl (C=O) groups excluding carboxylic acids is 1. The van der Waals surface area contributed by atoms with Crippen molar-refractivity contribution in [2.45, 2.75) is 20.0 Å². The van der Waals surface area contributed by atoms with Crippen LogP contribution in [0.15, 0.2) is 0 Å². The minimum absolute atomic E-state index is 0.00847. The highest BCUT2D eigenvalue weighted by molar-refractivity contribution is 8.20. The van der Waals surface area contributed by atoms with Gasteiger partial charge < -0.3 is 13.8 Å². The predicted molar refractivity (Wildman–Crippen MR) is 48.4 cm³/mol. The molecule has 1 atom stereocenters. The smallest absolute Gasteiger partial charge is 0.308 e. The van der Waals surface area contributed by atoms with Gasteiger partial charge in [-0.15, -0.1) is 0 Å². The fourth-order valence-corrected chi connectivity index (χ4v) is 2.01. The number of hydrogen-bond acceptors (Lipinski definition) is 5. The van der Waals surface area contributed by atoms with Crippen molar-refractivity contribution in [3.63, 3.8) is 0 Å². The van der Waals surface area contributed by atoms with Crippen LogP contribution in [-0.2, 0) is 13.7 Å². The van der Waals surface area contributed by atoms with Crippen molar-refractivity contribution in [3.05, 3.63) is 0 Å². The van der Waals surface area contributed by atoms with Crippen LogP contribution in [0.25, 0.3) is 0 Å². The molecule has 0 bridgehead atoms. The monoisotopic (exact) mass is 210 g/mol. The van der Waals surface area contributed by atoms with Gasteiger partial charge in [0.25, 0.3) is 0 Å². The molecule has 1 aliphatic heterocycles. The van der Waals surface area contributed by atoms with Gasteiger partial charge in [-0.1, -0.05) is 13.8 Å². The molecule has 1 aliphatic rings. The molecule has 0 amide bonds. The zero-order valence-electron chi connectivity index (χ0n) is 7.60. The molecule has 5 nitrogen and oxygen atoms in total. The Morgan fingerprint density at radius 2 is 2.23 bits per heavy atom. The molecule has 2 N–H and O–H groups in total. The van der Waals surface area contributed by atoms with Gasteiger partial charge in [-0.3, -0.25) is 8.98 Å². The largest absolute Gasteiger partial charge is 0.459 e. The summed E-state index contributed by atoms with van der Waals surface area (Å²) in [5.74, 6) is -0.557. The summed E-state index contributed by atoms with van der Waals surface area (Å²) in [5, 5.41) is 0. The van der Waals surface area contributed by atoms with Gasteiger partial charge in [0.05, 0.1) is 22.5 Å². The third kappa shape index (κ3) is 3.15. The number of hydrogen-bond donors (Lipinski definition) is 2. The van der Waals surface area contributed by atoms with Gasteiger partial charge in [-0.2, -0.15) is 0 Å². The van der Waals surface area contributed by atoms with E-state index in [1.807, 2.05) is 0 Å². The van der Waals surface area contributed by atoms with Crippen molar-refractivity contribution in [2.75, 3.05) is 12.4 Å². The van der Waals surface area contributed by atoms with Crippen molar-refractivity contribution in [1.29, 1.82) is 0 Å². The van der Waals surface area contributed by atoms with Gasteiger partial charge in [0.1, 0.15) is 12.7 Å². The lowest BCUT2D eigenvalue weighted by Gasteiger charge is -2.17. The summed E-state index contributed by atoms with van der Waals surface area (Å²) in [6, 6.07) is 0. The molecule has 78 valence electrons. The van der Waals surface area contributed by atoms with Crippen LogP contribution in [0, 0.1) is 5.92 Å². The van der Waals surface area contributed by atoms with Crippen molar-refractivity contribution < 1.29 is 22.8 Å². The summed E-state index contributed by atoms with van der Waals surface area (Å²) >= 11 is 0. The van der Waals surface area contributed by atoms with Crippen LogP contribution in [0.3, 0.4) is 0 Å². The van der Waals surface area contributed by atoms with Crippen molar-refractivity contribution >= 4 is 16.8 Å². The van der Waals surface area contributed by atoms with Crippen LogP contribution in [0.2, 0.25) is 0 Å². The molecule has 0 aromatic carbocycles. The Bertz CT molecular complexity index is 203. The van der Waals surface area contributed by atoms with Gasteiger partial charge in [0, 0.05) is 0 Å². The molecule has 13 heavy (non-hydrogen) atoms. The SMILES string of the molecule is CC(C)C(=O)OC1COS(O)(O)C1. The lowest BCUT2D eigenvalue weighted by Crippen LogP contribution is -2.24. The molecule has 1 heterocycles. The Hall–Kier alpha value is -0.300. The Labute approximate surface area is 78.6 Å². The predicted octanol–water partition coefficient (Wildman–Crippen LogP) is 1.25. The van der Waals surface area contributed by atoms with E-state index >= 15 is 0 Å². The number of carbonyl (C=O) groups is 1. The highest BCUT2D eigenvalue weighted by Crippen LogP contribution is 2.45. The summed E-state index contributed by atoms with van der Waals surface area (Å²) in [6.07, 6.45) is -0.514. The quantitative estimate of drug-likeness (QED) is 0.671. The van der Waals surface area contributed by atoms with Crippen LogP contribution >= 0.6 is 10.9 Å². The van der Waals surface area contributed by atoms with E-state index in [0.717, 1.165) is 0 Å². The molecule has 0 aliphatic carbocycles. The van der Waals surface area contributed by atoms with Crippen LogP contribution < -0.4 is 0 Å². The summed E-state index contributed by atoms with van der Waals surface area (Å²) < 4.78 is 27.7. The zero-order valence-corrected chi connectivity index (χ0v) is 8.41. The van der Waals surface area contributed by atoms with Gasteiger partial charge in [-0.05, 0) is 0 Å². The second-order valence-corrected chi connectivity index (χ2v) is 5.05. The molecule has 0 spiro atoms. The second-order valence-electron chi connectivity index (χ2n) is 3.27. The summed E-state index contributed by atoms with van der Waals surface area (Å²) in [7, 11) is -2.94. The maximum Gasteiger partial charge on any atom is 0.308 e. The average molecular weight is 210 g/mol. The highest BCUT2D eigenvalue weighted by Gasteiger charge is 2.35. The van der Waals surface area contributed by atoms with E-state index in [1.54, 1.807) is 13.8 Å². The molecule has 0 radical (unpaired) electrons. The van der Waals surface area contributed by atoms with Crippen molar-refractivity contribution in [3.8, 4) is 0 Å². The van der Waals surface area contributed by atoms with Crippen LogP contribution in [0.5, 0.6) is 0 Å². The highest BCUT2D eigenvalue weighted by atomic mass is 32.3. The van der Waals surface area contributed by atoms with E-state index in [1.165, 1.54) is 0 Å². The molecular weight excluding hydrogens is 196 g/mol. The first-order valence-corrected chi connectivity index (χ1v) is 5.65. The normalized spacial score (nSPS) is 28.8. The number of ether oxygens (including phenoxy) is 1. The molecular formula is C7H14O5S. The topological polar surface area (TPSA) is 76.0 Å². The Morgan fingerprint density at radius 1 is 1.62 bits per heavy atom. The second kappa shape index (κ2) is 3.83. The fraction of sp³-hybridized carbons (Fsp3) is 0.857.